The third kappa shape index (κ3) is 2.60. The zero-order chi connectivity index (χ0) is 12.3. The van der Waals surface area contributed by atoms with Gasteiger partial charge >= 0.3 is 0 Å². The summed E-state index contributed by atoms with van der Waals surface area (Å²) in [4.78, 5) is 7.03. The third-order valence-corrected chi connectivity index (χ3v) is 3.68. The molecular formula is C14H23N3. The van der Waals surface area contributed by atoms with Crippen molar-refractivity contribution in [1.29, 1.82) is 0 Å². The van der Waals surface area contributed by atoms with Crippen LogP contribution < -0.4 is 10.6 Å². The summed E-state index contributed by atoms with van der Waals surface area (Å²) < 4.78 is 0. The number of pyridine rings is 1. The third-order valence-electron chi connectivity index (χ3n) is 3.68. The Kier molecular flexibility index (Phi) is 4.00. The van der Waals surface area contributed by atoms with E-state index in [0.29, 0.717) is 6.04 Å². The molecule has 0 aromatic carbocycles. The van der Waals surface area contributed by atoms with Crippen molar-refractivity contribution in [3.05, 3.63) is 23.9 Å². The Balaban J connectivity index is 2.31. The van der Waals surface area contributed by atoms with Crippen LogP contribution in [-0.2, 0) is 0 Å². The molecule has 2 atom stereocenters. The predicted molar refractivity (Wildman–Crippen MR) is 72.1 cm³/mol. The molecule has 1 aliphatic heterocycles. The van der Waals surface area contributed by atoms with Crippen LogP contribution >= 0.6 is 0 Å². The fourth-order valence-electron chi connectivity index (χ4n) is 2.71. The van der Waals surface area contributed by atoms with Gasteiger partial charge in [-0.05, 0) is 38.7 Å². The number of nitrogens with zero attached hydrogens (tertiary/aromatic N) is 2. The fourth-order valence-corrected chi connectivity index (χ4v) is 2.71. The first kappa shape index (κ1) is 12.4. The second kappa shape index (κ2) is 5.50. The largest absolute Gasteiger partial charge is 0.353 e. The Hall–Kier alpha value is -1.09. The Labute approximate surface area is 104 Å². The topological polar surface area (TPSA) is 42.2 Å². The highest BCUT2D eigenvalue weighted by Gasteiger charge is 2.24. The van der Waals surface area contributed by atoms with E-state index in [0.717, 1.165) is 12.4 Å². The molecule has 3 nitrogen and oxygen atoms in total. The molecule has 1 fully saturated rings. The molecule has 1 saturated heterocycles. The minimum atomic E-state index is 0.0538. The molecule has 3 heteroatoms. The average molecular weight is 233 g/mol. The van der Waals surface area contributed by atoms with Gasteiger partial charge < -0.3 is 10.6 Å². The zero-order valence-electron chi connectivity index (χ0n) is 10.9. The first-order valence-electron chi connectivity index (χ1n) is 6.71. The zero-order valence-corrected chi connectivity index (χ0v) is 10.9. The minimum Gasteiger partial charge on any atom is -0.353 e. The Morgan fingerprint density at radius 2 is 2.35 bits per heavy atom. The van der Waals surface area contributed by atoms with E-state index in [9.17, 15) is 0 Å². The minimum absolute atomic E-state index is 0.0538. The molecule has 1 aromatic heterocycles. The summed E-state index contributed by atoms with van der Waals surface area (Å²) in [6.07, 6.45) is 6.96. The van der Waals surface area contributed by atoms with Crippen LogP contribution in [0.25, 0.3) is 0 Å². The molecule has 2 heterocycles. The van der Waals surface area contributed by atoms with Crippen molar-refractivity contribution >= 4 is 5.82 Å². The van der Waals surface area contributed by atoms with Crippen molar-refractivity contribution < 1.29 is 0 Å². The lowest BCUT2D eigenvalue weighted by molar-refractivity contribution is 0.445. The summed E-state index contributed by atoms with van der Waals surface area (Å²) in [7, 11) is 0. The molecule has 1 unspecified atom stereocenters. The summed E-state index contributed by atoms with van der Waals surface area (Å²) in [5.41, 5.74) is 7.22. The van der Waals surface area contributed by atoms with Gasteiger partial charge in [0.15, 0.2) is 0 Å². The molecule has 0 saturated carbocycles. The van der Waals surface area contributed by atoms with Crippen LogP contribution in [0.15, 0.2) is 18.3 Å². The quantitative estimate of drug-likeness (QED) is 0.873. The maximum atomic E-state index is 6.04. The smallest absolute Gasteiger partial charge is 0.133 e. The Morgan fingerprint density at radius 1 is 1.53 bits per heavy atom. The number of hydrogen-bond donors (Lipinski definition) is 1. The van der Waals surface area contributed by atoms with Crippen LogP contribution in [-0.4, -0.2) is 17.6 Å². The van der Waals surface area contributed by atoms with Gasteiger partial charge in [-0.2, -0.15) is 0 Å². The van der Waals surface area contributed by atoms with Crippen LogP contribution in [0.1, 0.15) is 51.1 Å². The number of rotatable bonds is 3. The van der Waals surface area contributed by atoms with E-state index >= 15 is 0 Å². The fraction of sp³-hybridized carbons (Fsp3) is 0.643. The summed E-state index contributed by atoms with van der Waals surface area (Å²) in [6.45, 7) is 5.41. The molecule has 0 spiro atoms. The van der Waals surface area contributed by atoms with Crippen LogP contribution in [0, 0.1) is 0 Å². The Bertz CT molecular complexity index is 362. The van der Waals surface area contributed by atoms with Gasteiger partial charge in [0.1, 0.15) is 5.82 Å². The van der Waals surface area contributed by atoms with Gasteiger partial charge in [0.25, 0.3) is 0 Å². The number of aromatic nitrogens is 1. The molecule has 2 rings (SSSR count). The van der Waals surface area contributed by atoms with Crippen molar-refractivity contribution in [2.45, 2.75) is 51.6 Å². The molecule has 17 heavy (non-hydrogen) atoms. The van der Waals surface area contributed by atoms with E-state index in [1.807, 2.05) is 19.2 Å². The first-order valence-corrected chi connectivity index (χ1v) is 6.71. The van der Waals surface area contributed by atoms with Crippen molar-refractivity contribution in [2.75, 3.05) is 11.4 Å². The lowest BCUT2D eigenvalue weighted by Gasteiger charge is -2.37. The maximum absolute atomic E-state index is 6.04. The molecule has 94 valence electrons. The SMILES string of the molecule is CCC1CCCCN1c1ncccc1[C@H](C)N. The highest BCUT2D eigenvalue weighted by molar-refractivity contribution is 5.49. The van der Waals surface area contributed by atoms with E-state index in [2.05, 4.69) is 22.9 Å². The second-order valence-corrected chi connectivity index (χ2v) is 4.96. The lowest BCUT2D eigenvalue weighted by Crippen LogP contribution is -2.40. The van der Waals surface area contributed by atoms with E-state index in [4.69, 9.17) is 5.73 Å². The maximum Gasteiger partial charge on any atom is 0.133 e. The second-order valence-electron chi connectivity index (χ2n) is 4.96. The van der Waals surface area contributed by atoms with E-state index in [-0.39, 0.29) is 6.04 Å². The molecule has 1 aliphatic rings. The average Bonchev–Trinajstić information content (AvgIpc) is 2.38. The normalized spacial score (nSPS) is 22.5. The summed E-state index contributed by atoms with van der Waals surface area (Å²) in [5, 5.41) is 0. The van der Waals surface area contributed by atoms with Crippen LogP contribution in [0.3, 0.4) is 0 Å². The predicted octanol–water partition coefficient (Wildman–Crippen LogP) is 2.87. The van der Waals surface area contributed by atoms with E-state index in [1.54, 1.807) is 0 Å². The van der Waals surface area contributed by atoms with E-state index in [1.165, 1.54) is 31.2 Å². The highest BCUT2D eigenvalue weighted by Crippen LogP contribution is 2.29. The molecule has 0 radical (unpaired) electrons. The van der Waals surface area contributed by atoms with Crippen LogP contribution in [0.4, 0.5) is 5.82 Å². The summed E-state index contributed by atoms with van der Waals surface area (Å²) in [6, 6.07) is 4.77. The van der Waals surface area contributed by atoms with Gasteiger partial charge in [-0.3, -0.25) is 0 Å². The number of nitrogens with two attached hydrogens (primary N) is 1. The Morgan fingerprint density at radius 3 is 3.06 bits per heavy atom. The summed E-state index contributed by atoms with van der Waals surface area (Å²) >= 11 is 0. The van der Waals surface area contributed by atoms with Crippen molar-refractivity contribution in [3.63, 3.8) is 0 Å². The molecular weight excluding hydrogens is 210 g/mol. The van der Waals surface area contributed by atoms with Crippen LogP contribution in [0.2, 0.25) is 0 Å². The van der Waals surface area contributed by atoms with Crippen molar-refractivity contribution in [2.24, 2.45) is 5.73 Å². The number of anilines is 1. The van der Waals surface area contributed by atoms with Gasteiger partial charge in [0.05, 0.1) is 0 Å². The van der Waals surface area contributed by atoms with Gasteiger partial charge in [0, 0.05) is 30.4 Å². The van der Waals surface area contributed by atoms with Gasteiger partial charge in [-0.25, -0.2) is 4.98 Å². The summed E-state index contributed by atoms with van der Waals surface area (Å²) in [5.74, 6) is 1.11. The highest BCUT2D eigenvalue weighted by atomic mass is 15.2. The van der Waals surface area contributed by atoms with Crippen molar-refractivity contribution in [3.8, 4) is 0 Å². The monoisotopic (exact) mass is 233 g/mol. The van der Waals surface area contributed by atoms with E-state index < -0.39 is 0 Å². The molecule has 0 aliphatic carbocycles. The number of hydrogen-bond acceptors (Lipinski definition) is 3. The van der Waals surface area contributed by atoms with Crippen molar-refractivity contribution in [1.82, 2.24) is 4.98 Å². The van der Waals surface area contributed by atoms with Gasteiger partial charge in [-0.15, -0.1) is 0 Å². The standard InChI is InChI=1S/C14H23N3/c1-3-12-7-4-5-10-17(12)14-13(11(2)15)8-6-9-16-14/h6,8-9,11-12H,3-5,7,10,15H2,1-2H3/t11-,12?/m0/s1. The van der Waals surface area contributed by atoms with Gasteiger partial charge in [-0.1, -0.05) is 13.0 Å². The molecule has 2 N–H and O–H groups in total. The molecule has 0 bridgehead atoms. The van der Waals surface area contributed by atoms with Crippen LogP contribution in [0.5, 0.6) is 0 Å². The molecule has 0 amide bonds. The lowest BCUT2D eigenvalue weighted by atomic mass is 9.98. The number of piperidine rings is 1. The first-order chi connectivity index (χ1) is 8.24. The molecule has 1 aromatic rings. The van der Waals surface area contributed by atoms with Gasteiger partial charge in [0.2, 0.25) is 0 Å².